The number of rotatable bonds is 7. The van der Waals surface area contributed by atoms with E-state index in [1.165, 1.54) is 0 Å². The smallest absolute Gasteiger partial charge is 0.326 e. The predicted molar refractivity (Wildman–Crippen MR) is 114 cm³/mol. The van der Waals surface area contributed by atoms with E-state index < -0.39 is 5.97 Å². The topological polar surface area (TPSA) is 73.2 Å². The van der Waals surface area contributed by atoms with Crippen molar-refractivity contribution in [3.05, 3.63) is 59.9 Å². The van der Waals surface area contributed by atoms with E-state index in [4.69, 9.17) is 4.74 Å². The van der Waals surface area contributed by atoms with E-state index >= 15 is 0 Å². The van der Waals surface area contributed by atoms with Gasteiger partial charge in [0.15, 0.2) is 6.61 Å². The zero-order chi connectivity index (χ0) is 21.0. The van der Waals surface area contributed by atoms with Crippen LogP contribution in [0.2, 0.25) is 0 Å². The summed E-state index contributed by atoms with van der Waals surface area (Å²) in [4.78, 5) is 28.9. The molecule has 0 aliphatic carbocycles. The van der Waals surface area contributed by atoms with Crippen LogP contribution in [0.5, 0.6) is 0 Å². The summed E-state index contributed by atoms with van der Waals surface area (Å²) in [6.07, 6.45) is 1.60. The number of imidazole rings is 1. The van der Waals surface area contributed by atoms with Crippen LogP contribution >= 0.6 is 0 Å². The van der Waals surface area contributed by atoms with Crippen molar-refractivity contribution in [1.82, 2.24) is 9.55 Å². The molecule has 3 aromatic rings. The molecule has 1 amide bonds. The second kappa shape index (κ2) is 8.90. The summed E-state index contributed by atoms with van der Waals surface area (Å²) in [5, 5.41) is 2.95. The Morgan fingerprint density at radius 3 is 2.31 bits per heavy atom. The molecule has 1 N–H and O–H groups in total. The molecule has 1 heterocycles. The Labute approximate surface area is 170 Å². The maximum Gasteiger partial charge on any atom is 0.326 e. The van der Waals surface area contributed by atoms with Gasteiger partial charge in [0.2, 0.25) is 0 Å². The first kappa shape index (κ1) is 20.6. The number of hydrogen-bond donors (Lipinski definition) is 1. The number of benzene rings is 2. The SMILES string of the molecule is CC(C)c1cccc(C(C)C)c1NC(=O)COC(=O)Cn1cnc2ccccc21. The molecule has 1 aromatic heterocycles. The van der Waals surface area contributed by atoms with Crippen LogP contribution in [0.15, 0.2) is 48.8 Å². The second-order valence-corrected chi connectivity index (χ2v) is 7.69. The lowest BCUT2D eigenvalue weighted by Crippen LogP contribution is -2.24. The number of para-hydroxylation sites is 3. The van der Waals surface area contributed by atoms with Crippen LogP contribution in [-0.2, 0) is 20.9 Å². The molecule has 6 heteroatoms. The van der Waals surface area contributed by atoms with Crippen LogP contribution in [0.25, 0.3) is 11.0 Å². The standard InChI is InChI=1S/C23H27N3O3/c1-15(2)17-8-7-9-18(16(3)4)23(17)25-21(27)13-29-22(28)12-26-14-24-19-10-5-6-11-20(19)26/h5-11,14-16H,12-13H2,1-4H3,(H,25,27). The van der Waals surface area contributed by atoms with Crippen LogP contribution in [0.3, 0.4) is 0 Å². The lowest BCUT2D eigenvalue weighted by atomic mass is 9.92. The molecule has 152 valence electrons. The Kier molecular flexibility index (Phi) is 6.32. The number of ether oxygens (including phenoxy) is 1. The molecule has 0 spiro atoms. The number of carbonyl (C=O) groups is 2. The fourth-order valence-electron chi connectivity index (χ4n) is 3.34. The molecule has 0 saturated heterocycles. The van der Waals surface area contributed by atoms with E-state index in [-0.39, 0.29) is 30.9 Å². The van der Waals surface area contributed by atoms with Gasteiger partial charge in [-0.15, -0.1) is 0 Å². The number of aromatic nitrogens is 2. The number of amides is 1. The highest BCUT2D eigenvalue weighted by Crippen LogP contribution is 2.32. The third-order valence-corrected chi connectivity index (χ3v) is 4.83. The van der Waals surface area contributed by atoms with E-state index in [0.29, 0.717) is 0 Å². The predicted octanol–water partition coefficient (Wildman–Crippen LogP) is 4.47. The first-order valence-corrected chi connectivity index (χ1v) is 9.85. The Balaban J connectivity index is 1.63. The van der Waals surface area contributed by atoms with Gasteiger partial charge in [-0.3, -0.25) is 9.59 Å². The number of anilines is 1. The molecule has 0 saturated carbocycles. The van der Waals surface area contributed by atoms with Crippen molar-refractivity contribution in [3.63, 3.8) is 0 Å². The fourth-order valence-corrected chi connectivity index (χ4v) is 3.34. The molecule has 0 fully saturated rings. The lowest BCUT2D eigenvalue weighted by molar-refractivity contribution is -0.147. The van der Waals surface area contributed by atoms with Gasteiger partial charge in [-0.1, -0.05) is 58.0 Å². The molecule has 0 atom stereocenters. The van der Waals surface area contributed by atoms with E-state index in [1.54, 1.807) is 10.9 Å². The first-order valence-electron chi connectivity index (χ1n) is 9.85. The summed E-state index contributed by atoms with van der Waals surface area (Å²) in [5.41, 5.74) is 4.62. The van der Waals surface area contributed by atoms with Crippen LogP contribution in [0.1, 0.15) is 50.7 Å². The summed E-state index contributed by atoms with van der Waals surface area (Å²) in [7, 11) is 0. The minimum atomic E-state index is -0.482. The Hall–Kier alpha value is -3.15. The number of nitrogens with one attached hydrogen (secondary N) is 1. The second-order valence-electron chi connectivity index (χ2n) is 7.69. The van der Waals surface area contributed by atoms with Crippen LogP contribution in [-0.4, -0.2) is 28.0 Å². The molecule has 3 rings (SSSR count). The fraction of sp³-hybridized carbons (Fsp3) is 0.348. The maximum absolute atomic E-state index is 12.5. The highest BCUT2D eigenvalue weighted by molar-refractivity contribution is 5.94. The number of hydrogen-bond acceptors (Lipinski definition) is 4. The molecule has 2 aromatic carbocycles. The summed E-state index contributed by atoms with van der Waals surface area (Å²) >= 11 is 0. The molecule has 0 bridgehead atoms. The molecule has 0 aliphatic heterocycles. The molecule has 0 unspecified atom stereocenters. The molecular formula is C23H27N3O3. The van der Waals surface area contributed by atoms with Gasteiger partial charge in [0.1, 0.15) is 6.54 Å². The van der Waals surface area contributed by atoms with Gasteiger partial charge in [-0.2, -0.15) is 0 Å². The van der Waals surface area contributed by atoms with Gasteiger partial charge in [-0.05, 0) is 35.1 Å². The van der Waals surface area contributed by atoms with Crippen molar-refractivity contribution >= 4 is 28.6 Å². The summed E-state index contributed by atoms with van der Waals surface area (Å²) in [5.74, 6) is -0.296. The third-order valence-electron chi connectivity index (χ3n) is 4.83. The van der Waals surface area contributed by atoms with Gasteiger partial charge in [-0.25, -0.2) is 4.98 Å². The quantitative estimate of drug-likeness (QED) is 0.601. The summed E-state index contributed by atoms with van der Waals surface area (Å²) < 4.78 is 6.91. The van der Waals surface area contributed by atoms with Gasteiger partial charge in [0.25, 0.3) is 5.91 Å². The average Bonchev–Trinajstić information content (AvgIpc) is 3.09. The van der Waals surface area contributed by atoms with Crippen molar-refractivity contribution < 1.29 is 14.3 Å². The normalized spacial score (nSPS) is 11.2. The maximum atomic E-state index is 12.5. The first-order chi connectivity index (χ1) is 13.9. The lowest BCUT2D eigenvalue weighted by Gasteiger charge is -2.20. The van der Waals surface area contributed by atoms with Crippen LogP contribution < -0.4 is 5.32 Å². The van der Waals surface area contributed by atoms with Crippen molar-refractivity contribution in [1.29, 1.82) is 0 Å². The van der Waals surface area contributed by atoms with Gasteiger partial charge < -0.3 is 14.6 Å². The molecule has 0 aliphatic rings. The molecule has 29 heavy (non-hydrogen) atoms. The zero-order valence-electron chi connectivity index (χ0n) is 17.3. The van der Waals surface area contributed by atoms with Crippen LogP contribution in [0, 0.1) is 0 Å². The molecule has 6 nitrogen and oxygen atoms in total. The van der Waals surface area contributed by atoms with Crippen molar-refractivity contribution in [3.8, 4) is 0 Å². The number of fused-ring (bicyclic) bond motifs is 1. The van der Waals surface area contributed by atoms with Gasteiger partial charge in [0, 0.05) is 5.69 Å². The molecular weight excluding hydrogens is 366 g/mol. The van der Waals surface area contributed by atoms with Crippen molar-refractivity contribution in [2.24, 2.45) is 0 Å². The number of carbonyl (C=O) groups excluding carboxylic acids is 2. The van der Waals surface area contributed by atoms with E-state index in [2.05, 4.69) is 38.0 Å². The number of esters is 1. The van der Waals surface area contributed by atoms with Gasteiger partial charge in [0.05, 0.1) is 17.4 Å². The third kappa shape index (κ3) is 4.83. The number of nitrogens with zero attached hydrogens (tertiary/aromatic N) is 2. The van der Waals surface area contributed by atoms with Crippen LogP contribution in [0.4, 0.5) is 5.69 Å². The van der Waals surface area contributed by atoms with E-state index in [0.717, 1.165) is 27.8 Å². The monoisotopic (exact) mass is 393 g/mol. The van der Waals surface area contributed by atoms with E-state index in [9.17, 15) is 9.59 Å². The average molecular weight is 393 g/mol. The largest absolute Gasteiger partial charge is 0.454 e. The van der Waals surface area contributed by atoms with E-state index in [1.807, 2.05) is 42.5 Å². The van der Waals surface area contributed by atoms with Crippen molar-refractivity contribution in [2.75, 3.05) is 11.9 Å². The van der Waals surface area contributed by atoms with Crippen molar-refractivity contribution in [2.45, 2.75) is 46.1 Å². The zero-order valence-corrected chi connectivity index (χ0v) is 17.3. The highest BCUT2D eigenvalue weighted by Gasteiger charge is 2.17. The molecule has 0 radical (unpaired) electrons. The minimum Gasteiger partial charge on any atom is -0.454 e. The Morgan fingerprint density at radius 2 is 1.66 bits per heavy atom. The van der Waals surface area contributed by atoms with Gasteiger partial charge >= 0.3 is 5.97 Å². The minimum absolute atomic E-state index is 0.00756. The summed E-state index contributed by atoms with van der Waals surface area (Å²) in [6, 6.07) is 13.6. The Bertz CT molecular complexity index is 995. The highest BCUT2D eigenvalue weighted by atomic mass is 16.5. The summed E-state index contributed by atoms with van der Waals surface area (Å²) in [6.45, 7) is 8.04. The Morgan fingerprint density at radius 1 is 1.00 bits per heavy atom.